The molecule has 0 bridgehead atoms. The summed E-state index contributed by atoms with van der Waals surface area (Å²) in [6, 6.07) is 5.47. The van der Waals surface area contributed by atoms with Gasteiger partial charge in [-0.25, -0.2) is 4.39 Å². The van der Waals surface area contributed by atoms with E-state index >= 15 is 0 Å². The van der Waals surface area contributed by atoms with Crippen LogP contribution in [0.4, 0.5) is 4.39 Å². The van der Waals surface area contributed by atoms with Crippen LogP contribution in [0.5, 0.6) is 0 Å². The molecule has 1 N–H and O–H groups in total. The van der Waals surface area contributed by atoms with Crippen LogP contribution in [0.1, 0.15) is 38.7 Å². The zero-order valence-corrected chi connectivity index (χ0v) is 14.9. The number of nitrogens with one attached hydrogen (secondary N) is 1. The van der Waals surface area contributed by atoms with E-state index in [2.05, 4.69) is 35.1 Å². The second kappa shape index (κ2) is 7.73. The van der Waals surface area contributed by atoms with Crippen LogP contribution in [0.15, 0.2) is 22.7 Å². The molecule has 1 nitrogen and oxygen atoms in total. The lowest BCUT2D eigenvalue weighted by Crippen LogP contribution is -2.34. The second-order valence-electron chi connectivity index (χ2n) is 6.85. The molecule has 3 atom stereocenters. The van der Waals surface area contributed by atoms with Gasteiger partial charge < -0.3 is 5.32 Å². The normalized spacial score (nSPS) is 26.3. The summed E-state index contributed by atoms with van der Waals surface area (Å²) in [7, 11) is 2.04. The molecule has 118 valence electrons. The first-order valence-electron chi connectivity index (χ1n) is 8.09. The number of halogens is 2. The molecule has 1 aromatic rings. The highest BCUT2D eigenvalue weighted by Gasteiger charge is 2.31. The van der Waals surface area contributed by atoms with Crippen molar-refractivity contribution in [3.63, 3.8) is 0 Å². The van der Waals surface area contributed by atoms with Crippen LogP contribution in [0, 0.1) is 29.5 Å². The molecule has 0 radical (unpaired) electrons. The van der Waals surface area contributed by atoms with E-state index in [4.69, 9.17) is 0 Å². The van der Waals surface area contributed by atoms with Gasteiger partial charge >= 0.3 is 0 Å². The topological polar surface area (TPSA) is 12.0 Å². The van der Waals surface area contributed by atoms with Crippen molar-refractivity contribution >= 4 is 15.9 Å². The first-order valence-corrected chi connectivity index (χ1v) is 8.89. The Morgan fingerprint density at radius 3 is 2.67 bits per heavy atom. The van der Waals surface area contributed by atoms with Crippen LogP contribution in [0.2, 0.25) is 0 Å². The Morgan fingerprint density at radius 1 is 1.29 bits per heavy atom. The molecule has 2 rings (SSSR count). The lowest BCUT2D eigenvalue weighted by atomic mass is 9.69. The summed E-state index contributed by atoms with van der Waals surface area (Å²) in [6.07, 6.45) is 5.04. The molecule has 0 heterocycles. The highest BCUT2D eigenvalue weighted by molar-refractivity contribution is 9.10. The van der Waals surface area contributed by atoms with Crippen molar-refractivity contribution in [1.29, 1.82) is 0 Å². The molecule has 0 spiro atoms. The molecule has 0 saturated heterocycles. The van der Waals surface area contributed by atoms with Crippen molar-refractivity contribution < 1.29 is 4.39 Å². The molecular weight excluding hydrogens is 329 g/mol. The van der Waals surface area contributed by atoms with E-state index in [0.717, 1.165) is 30.7 Å². The van der Waals surface area contributed by atoms with Gasteiger partial charge in [0.1, 0.15) is 5.82 Å². The molecule has 1 aliphatic carbocycles. The quantitative estimate of drug-likeness (QED) is 0.780. The Labute approximate surface area is 136 Å². The largest absolute Gasteiger partial charge is 0.319 e. The Bertz CT molecular complexity index is 461. The van der Waals surface area contributed by atoms with Crippen molar-refractivity contribution in [2.75, 3.05) is 13.6 Å². The molecule has 21 heavy (non-hydrogen) atoms. The van der Waals surface area contributed by atoms with E-state index in [1.807, 2.05) is 19.2 Å². The highest BCUT2D eigenvalue weighted by atomic mass is 79.9. The third-order valence-electron chi connectivity index (χ3n) is 5.07. The summed E-state index contributed by atoms with van der Waals surface area (Å²) < 4.78 is 14.0. The van der Waals surface area contributed by atoms with E-state index in [1.54, 1.807) is 6.07 Å². The predicted octanol–water partition coefficient (Wildman–Crippen LogP) is 5.04. The number of hydrogen-bond donors (Lipinski definition) is 1. The van der Waals surface area contributed by atoms with Gasteiger partial charge in [-0.05, 0) is 96.6 Å². The third kappa shape index (κ3) is 4.53. The Hall–Kier alpha value is -0.410. The van der Waals surface area contributed by atoms with Gasteiger partial charge in [0.25, 0.3) is 0 Å². The molecule has 1 aliphatic rings. The molecule has 0 aromatic heterocycles. The van der Waals surface area contributed by atoms with Crippen LogP contribution in [0.25, 0.3) is 0 Å². The summed E-state index contributed by atoms with van der Waals surface area (Å²) in [6.45, 7) is 5.78. The van der Waals surface area contributed by atoms with E-state index < -0.39 is 0 Å². The average molecular weight is 356 g/mol. The zero-order chi connectivity index (χ0) is 15.4. The standard InChI is InChI=1S/C18H27BrFN/c1-12(2)14-5-6-15(11-21-3)16(10-14)8-13-4-7-18(20)17(19)9-13/h4,7,9,12,14-16,21H,5-6,8,10-11H2,1-3H3. The molecule has 1 aromatic carbocycles. The summed E-state index contributed by atoms with van der Waals surface area (Å²) in [5.74, 6) is 2.88. The summed E-state index contributed by atoms with van der Waals surface area (Å²) in [5.41, 5.74) is 1.25. The lowest BCUT2D eigenvalue weighted by Gasteiger charge is -2.38. The van der Waals surface area contributed by atoms with Crippen LogP contribution >= 0.6 is 15.9 Å². The van der Waals surface area contributed by atoms with E-state index in [0.29, 0.717) is 10.4 Å². The van der Waals surface area contributed by atoms with Crippen LogP contribution in [0.3, 0.4) is 0 Å². The summed E-state index contributed by atoms with van der Waals surface area (Å²) in [4.78, 5) is 0. The van der Waals surface area contributed by atoms with E-state index in [9.17, 15) is 4.39 Å². The zero-order valence-electron chi connectivity index (χ0n) is 13.3. The fraction of sp³-hybridized carbons (Fsp3) is 0.667. The molecule has 0 amide bonds. The Morgan fingerprint density at radius 2 is 2.05 bits per heavy atom. The van der Waals surface area contributed by atoms with Crippen molar-refractivity contribution in [1.82, 2.24) is 5.32 Å². The SMILES string of the molecule is CNCC1CCC(C(C)C)CC1Cc1ccc(F)c(Br)c1. The highest BCUT2D eigenvalue weighted by Crippen LogP contribution is 2.39. The smallest absolute Gasteiger partial charge is 0.137 e. The predicted molar refractivity (Wildman–Crippen MR) is 90.9 cm³/mol. The monoisotopic (exact) mass is 355 g/mol. The van der Waals surface area contributed by atoms with E-state index in [1.165, 1.54) is 24.8 Å². The molecule has 3 unspecified atom stereocenters. The minimum atomic E-state index is -0.172. The first-order chi connectivity index (χ1) is 10.0. The van der Waals surface area contributed by atoms with Crippen LogP contribution < -0.4 is 5.32 Å². The van der Waals surface area contributed by atoms with Gasteiger partial charge in [-0.2, -0.15) is 0 Å². The Kier molecular flexibility index (Phi) is 6.24. The fourth-order valence-corrected chi connectivity index (χ4v) is 4.14. The van der Waals surface area contributed by atoms with Crippen molar-refractivity contribution in [2.24, 2.45) is 23.7 Å². The van der Waals surface area contributed by atoms with Gasteiger partial charge in [0.05, 0.1) is 4.47 Å². The lowest BCUT2D eigenvalue weighted by molar-refractivity contribution is 0.146. The van der Waals surface area contributed by atoms with Gasteiger partial charge in [0.15, 0.2) is 0 Å². The van der Waals surface area contributed by atoms with Gasteiger partial charge in [-0.1, -0.05) is 19.9 Å². The Balaban J connectivity index is 2.09. The second-order valence-corrected chi connectivity index (χ2v) is 7.70. The first kappa shape index (κ1) is 17.0. The van der Waals surface area contributed by atoms with Crippen LogP contribution in [-0.2, 0) is 6.42 Å². The molecule has 1 fully saturated rings. The average Bonchev–Trinajstić information content (AvgIpc) is 2.45. The van der Waals surface area contributed by atoms with Gasteiger partial charge in [-0.15, -0.1) is 0 Å². The maximum absolute atomic E-state index is 13.4. The molecule has 1 saturated carbocycles. The number of hydrogen-bond acceptors (Lipinski definition) is 1. The number of benzene rings is 1. The molecule has 0 aliphatic heterocycles. The van der Waals surface area contributed by atoms with Crippen molar-refractivity contribution in [2.45, 2.75) is 39.5 Å². The maximum Gasteiger partial charge on any atom is 0.137 e. The van der Waals surface area contributed by atoms with Crippen LogP contribution in [-0.4, -0.2) is 13.6 Å². The van der Waals surface area contributed by atoms with E-state index in [-0.39, 0.29) is 5.82 Å². The fourth-order valence-electron chi connectivity index (χ4n) is 3.72. The molecular formula is C18H27BrFN. The van der Waals surface area contributed by atoms with Gasteiger partial charge in [-0.3, -0.25) is 0 Å². The maximum atomic E-state index is 13.4. The third-order valence-corrected chi connectivity index (χ3v) is 5.68. The van der Waals surface area contributed by atoms with Gasteiger partial charge in [0.2, 0.25) is 0 Å². The molecule has 3 heteroatoms. The van der Waals surface area contributed by atoms with Crippen molar-refractivity contribution in [3.05, 3.63) is 34.1 Å². The number of rotatable bonds is 5. The minimum Gasteiger partial charge on any atom is -0.319 e. The summed E-state index contributed by atoms with van der Waals surface area (Å²) >= 11 is 3.30. The minimum absolute atomic E-state index is 0.172. The van der Waals surface area contributed by atoms with Crippen molar-refractivity contribution in [3.8, 4) is 0 Å². The van der Waals surface area contributed by atoms with Gasteiger partial charge in [0, 0.05) is 0 Å². The summed E-state index contributed by atoms with van der Waals surface area (Å²) in [5, 5.41) is 3.35.